The van der Waals surface area contributed by atoms with Crippen molar-refractivity contribution in [2.24, 2.45) is 23.5 Å². The Morgan fingerprint density at radius 1 is 1.18 bits per heavy atom. The minimum atomic E-state index is -0.914. The van der Waals surface area contributed by atoms with Crippen molar-refractivity contribution in [2.75, 3.05) is 0 Å². The summed E-state index contributed by atoms with van der Waals surface area (Å²) in [7, 11) is 0. The average Bonchev–Trinajstić information content (AvgIpc) is 2.40. The van der Waals surface area contributed by atoms with Crippen molar-refractivity contribution in [3.63, 3.8) is 0 Å². The van der Waals surface area contributed by atoms with Gasteiger partial charge in [-0.15, -0.1) is 0 Å². The molecule has 0 aliphatic heterocycles. The van der Waals surface area contributed by atoms with Gasteiger partial charge in [-0.2, -0.15) is 0 Å². The molecular weight excluding hydrogens is 138 g/mol. The summed E-state index contributed by atoms with van der Waals surface area (Å²) in [6.45, 7) is 1.76. The summed E-state index contributed by atoms with van der Waals surface area (Å²) in [5.41, 5.74) is 4.80. The minimum absolute atomic E-state index is 0.391. The summed E-state index contributed by atoms with van der Waals surface area (Å²) in [4.78, 5) is 0. The first-order chi connectivity index (χ1) is 5.09. The zero-order chi connectivity index (χ0) is 8.06. The van der Waals surface area contributed by atoms with Crippen LogP contribution < -0.4 is 5.73 Å². The van der Waals surface area contributed by atoms with Crippen LogP contribution in [0.15, 0.2) is 0 Å². The average molecular weight is 155 g/mol. The van der Waals surface area contributed by atoms with E-state index < -0.39 is 5.72 Å². The van der Waals surface area contributed by atoms with Crippen LogP contribution in [0, 0.1) is 17.8 Å². The van der Waals surface area contributed by atoms with E-state index in [4.69, 9.17) is 5.73 Å². The van der Waals surface area contributed by atoms with E-state index in [0.29, 0.717) is 5.92 Å². The van der Waals surface area contributed by atoms with Crippen molar-refractivity contribution in [1.82, 2.24) is 0 Å². The Hall–Kier alpha value is -0.0800. The normalized spacial score (nSPS) is 47.7. The second-order valence-corrected chi connectivity index (χ2v) is 4.43. The highest BCUT2D eigenvalue weighted by atomic mass is 16.3. The second-order valence-electron chi connectivity index (χ2n) is 4.43. The smallest absolute Gasteiger partial charge is 0.114 e. The molecule has 0 radical (unpaired) electrons. The minimum Gasteiger partial charge on any atom is -0.376 e. The molecule has 2 aliphatic carbocycles. The Morgan fingerprint density at radius 2 is 1.55 bits per heavy atom. The largest absolute Gasteiger partial charge is 0.376 e. The zero-order valence-electron chi connectivity index (χ0n) is 7.09. The fraction of sp³-hybridized carbons (Fsp3) is 1.00. The number of fused-ring (bicyclic) bond motifs is 2. The molecule has 0 saturated heterocycles. The molecule has 1 unspecified atom stereocenters. The Bertz CT molecular complexity index is 141. The first-order valence-corrected chi connectivity index (χ1v) is 4.60. The standard InChI is InChI=1S/C9H17NO/c1-9(10,11)8-6-2-3-7(8)5-4-6/h6-8,11H,2-5,10H2,1H3. The molecule has 0 aromatic rings. The molecule has 2 nitrogen and oxygen atoms in total. The first-order valence-electron chi connectivity index (χ1n) is 4.60. The van der Waals surface area contributed by atoms with Crippen LogP contribution in [0.25, 0.3) is 0 Å². The third-order valence-electron chi connectivity index (χ3n) is 3.51. The molecular formula is C9H17NO. The first kappa shape index (κ1) is 7.56. The van der Waals surface area contributed by atoms with Gasteiger partial charge in [0.25, 0.3) is 0 Å². The van der Waals surface area contributed by atoms with Gasteiger partial charge in [-0.05, 0) is 44.4 Å². The van der Waals surface area contributed by atoms with Gasteiger partial charge in [-0.3, -0.25) is 0 Å². The fourth-order valence-electron chi connectivity index (χ4n) is 3.20. The van der Waals surface area contributed by atoms with E-state index in [2.05, 4.69) is 0 Å². The third kappa shape index (κ3) is 1.09. The molecule has 0 aromatic carbocycles. The molecule has 11 heavy (non-hydrogen) atoms. The van der Waals surface area contributed by atoms with E-state index in [1.165, 1.54) is 25.7 Å². The SMILES string of the molecule is CC(N)(O)C1C2CCC1CC2. The van der Waals surface area contributed by atoms with Crippen molar-refractivity contribution >= 4 is 0 Å². The highest BCUT2D eigenvalue weighted by Gasteiger charge is 2.48. The number of nitrogens with two attached hydrogens (primary N) is 1. The van der Waals surface area contributed by atoms with Crippen LogP contribution in [0.2, 0.25) is 0 Å². The second kappa shape index (κ2) is 2.20. The maximum atomic E-state index is 9.68. The van der Waals surface area contributed by atoms with Crippen LogP contribution in [-0.4, -0.2) is 10.8 Å². The molecule has 2 rings (SSSR count). The Morgan fingerprint density at radius 3 is 1.73 bits per heavy atom. The summed E-state index contributed by atoms with van der Waals surface area (Å²) in [5.74, 6) is 1.84. The highest BCUT2D eigenvalue weighted by molar-refractivity contribution is 4.97. The van der Waals surface area contributed by atoms with Gasteiger partial charge < -0.3 is 10.8 Å². The lowest BCUT2D eigenvalue weighted by Gasteiger charge is -2.29. The van der Waals surface area contributed by atoms with Crippen LogP contribution in [0.3, 0.4) is 0 Å². The van der Waals surface area contributed by atoms with E-state index >= 15 is 0 Å². The molecule has 2 bridgehead atoms. The van der Waals surface area contributed by atoms with Crippen LogP contribution in [-0.2, 0) is 0 Å². The number of hydrogen-bond acceptors (Lipinski definition) is 2. The number of hydrogen-bond donors (Lipinski definition) is 2. The van der Waals surface area contributed by atoms with Crippen molar-refractivity contribution < 1.29 is 5.11 Å². The van der Waals surface area contributed by atoms with Gasteiger partial charge in [0.05, 0.1) is 0 Å². The van der Waals surface area contributed by atoms with Crippen molar-refractivity contribution in [1.29, 1.82) is 0 Å². The Labute approximate surface area is 67.8 Å². The highest BCUT2D eigenvalue weighted by Crippen LogP contribution is 2.52. The van der Waals surface area contributed by atoms with Gasteiger partial charge in [-0.1, -0.05) is 0 Å². The maximum Gasteiger partial charge on any atom is 0.114 e. The lowest BCUT2D eigenvalue weighted by atomic mass is 9.88. The lowest BCUT2D eigenvalue weighted by Crippen LogP contribution is -2.46. The predicted octanol–water partition coefficient (Wildman–Crippen LogP) is 1.09. The van der Waals surface area contributed by atoms with Crippen LogP contribution in [0.5, 0.6) is 0 Å². The molecule has 64 valence electrons. The van der Waals surface area contributed by atoms with Gasteiger partial charge in [0.15, 0.2) is 0 Å². The summed E-state index contributed by atoms with van der Waals surface area (Å²) in [5, 5.41) is 9.68. The molecule has 0 aromatic heterocycles. The number of rotatable bonds is 1. The molecule has 2 aliphatic rings. The fourth-order valence-corrected chi connectivity index (χ4v) is 3.20. The van der Waals surface area contributed by atoms with E-state index in [-0.39, 0.29) is 0 Å². The van der Waals surface area contributed by atoms with Crippen molar-refractivity contribution in [2.45, 2.75) is 38.3 Å². The Balaban J connectivity index is 2.16. The zero-order valence-corrected chi connectivity index (χ0v) is 7.09. The summed E-state index contributed by atoms with van der Waals surface area (Å²) >= 11 is 0. The van der Waals surface area contributed by atoms with Gasteiger partial charge in [-0.25, -0.2) is 0 Å². The molecule has 0 heterocycles. The van der Waals surface area contributed by atoms with Crippen LogP contribution in [0.1, 0.15) is 32.6 Å². The maximum absolute atomic E-state index is 9.68. The third-order valence-corrected chi connectivity index (χ3v) is 3.51. The molecule has 0 spiro atoms. The molecule has 3 N–H and O–H groups in total. The summed E-state index contributed by atoms with van der Waals surface area (Å²) in [6, 6.07) is 0. The van der Waals surface area contributed by atoms with Gasteiger partial charge in [0, 0.05) is 5.92 Å². The molecule has 2 saturated carbocycles. The van der Waals surface area contributed by atoms with Gasteiger partial charge in [0.1, 0.15) is 5.72 Å². The van der Waals surface area contributed by atoms with E-state index in [1.807, 2.05) is 0 Å². The van der Waals surface area contributed by atoms with Gasteiger partial charge in [0.2, 0.25) is 0 Å². The van der Waals surface area contributed by atoms with E-state index in [1.54, 1.807) is 6.92 Å². The van der Waals surface area contributed by atoms with E-state index in [0.717, 1.165) is 11.8 Å². The topological polar surface area (TPSA) is 46.2 Å². The number of aliphatic hydroxyl groups is 1. The quantitative estimate of drug-likeness (QED) is 0.557. The molecule has 2 fully saturated rings. The molecule has 1 atom stereocenters. The predicted molar refractivity (Wildman–Crippen MR) is 43.7 cm³/mol. The van der Waals surface area contributed by atoms with Crippen LogP contribution >= 0.6 is 0 Å². The van der Waals surface area contributed by atoms with Crippen LogP contribution in [0.4, 0.5) is 0 Å². The van der Waals surface area contributed by atoms with Gasteiger partial charge >= 0.3 is 0 Å². The van der Waals surface area contributed by atoms with Crippen molar-refractivity contribution in [3.05, 3.63) is 0 Å². The van der Waals surface area contributed by atoms with Crippen molar-refractivity contribution in [3.8, 4) is 0 Å². The summed E-state index contributed by atoms with van der Waals surface area (Å²) in [6.07, 6.45) is 5.18. The molecule has 0 amide bonds. The van der Waals surface area contributed by atoms with E-state index in [9.17, 15) is 5.11 Å². The Kier molecular flexibility index (Phi) is 1.52. The molecule has 2 heteroatoms. The lowest BCUT2D eigenvalue weighted by molar-refractivity contribution is -0.0150. The summed E-state index contributed by atoms with van der Waals surface area (Å²) < 4.78 is 0. The monoisotopic (exact) mass is 155 g/mol.